The van der Waals surface area contributed by atoms with E-state index < -0.39 is 0 Å². The fraction of sp³-hybridized carbons (Fsp3) is 0. The zero-order valence-electron chi connectivity index (χ0n) is 29.9. The van der Waals surface area contributed by atoms with Gasteiger partial charge in [-0.25, -0.2) is 0 Å². The standard InChI is InChI=1S/C54H32O/c1-3-11-41-33(9-1)21-24-47-44-14-6-8-16-46(44)49(32-50(41)47)39-20-19-34-27-35(17-18-36(34)28-39)37-22-25-53-51(29-37)52-31-40(23-26-54(52)55-53)48-30-38-10-2-4-12-42(38)43-13-5-7-15-45(43)48/h1-32H. The van der Waals surface area contributed by atoms with Gasteiger partial charge in [-0.1, -0.05) is 146 Å². The molecule has 254 valence electrons. The van der Waals surface area contributed by atoms with E-state index in [2.05, 4.69) is 194 Å². The van der Waals surface area contributed by atoms with Gasteiger partial charge in [-0.05, 0) is 147 Å². The van der Waals surface area contributed by atoms with Crippen LogP contribution in [0.25, 0.3) is 120 Å². The van der Waals surface area contributed by atoms with E-state index in [9.17, 15) is 0 Å². The van der Waals surface area contributed by atoms with Crippen molar-refractivity contribution in [3.05, 3.63) is 194 Å². The summed E-state index contributed by atoms with van der Waals surface area (Å²) in [6.07, 6.45) is 0. The average molecular weight is 697 g/mol. The van der Waals surface area contributed by atoms with Gasteiger partial charge in [0.05, 0.1) is 0 Å². The van der Waals surface area contributed by atoms with Crippen LogP contribution in [0.1, 0.15) is 0 Å². The third-order valence-corrected chi connectivity index (χ3v) is 11.8. The van der Waals surface area contributed by atoms with Gasteiger partial charge in [-0.2, -0.15) is 0 Å². The van der Waals surface area contributed by atoms with E-state index in [1.54, 1.807) is 0 Å². The van der Waals surface area contributed by atoms with Crippen molar-refractivity contribution >= 4 is 86.6 Å². The Balaban J connectivity index is 0.963. The van der Waals surface area contributed by atoms with Crippen LogP contribution in [0.4, 0.5) is 0 Å². The van der Waals surface area contributed by atoms with Crippen molar-refractivity contribution in [1.29, 1.82) is 0 Å². The van der Waals surface area contributed by atoms with Crippen LogP contribution in [0.5, 0.6) is 0 Å². The third-order valence-electron chi connectivity index (χ3n) is 11.8. The first-order valence-corrected chi connectivity index (χ1v) is 19.0. The maximum atomic E-state index is 6.40. The van der Waals surface area contributed by atoms with Gasteiger partial charge >= 0.3 is 0 Å². The summed E-state index contributed by atoms with van der Waals surface area (Å²) in [5.74, 6) is 0. The average Bonchev–Trinajstić information content (AvgIpc) is 3.62. The van der Waals surface area contributed by atoms with Crippen LogP contribution in [0.15, 0.2) is 199 Å². The lowest BCUT2D eigenvalue weighted by molar-refractivity contribution is 0.669. The molecule has 0 saturated heterocycles. The molecule has 11 aromatic carbocycles. The maximum absolute atomic E-state index is 6.40. The number of hydrogen-bond donors (Lipinski definition) is 0. The maximum Gasteiger partial charge on any atom is 0.135 e. The summed E-state index contributed by atoms with van der Waals surface area (Å²) in [6, 6.07) is 71.2. The Hall–Kier alpha value is -7.22. The summed E-state index contributed by atoms with van der Waals surface area (Å²) < 4.78 is 6.40. The van der Waals surface area contributed by atoms with E-state index in [-0.39, 0.29) is 0 Å². The number of hydrogen-bond acceptors (Lipinski definition) is 1. The lowest BCUT2D eigenvalue weighted by Crippen LogP contribution is -1.87. The molecule has 0 saturated carbocycles. The van der Waals surface area contributed by atoms with Crippen LogP contribution in [0.2, 0.25) is 0 Å². The summed E-state index contributed by atoms with van der Waals surface area (Å²) in [5, 5.41) is 17.5. The first-order chi connectivity index (χ1) is 27.2. The molecule has 0 radical (unpaired) electrons. The first kappa shape index (κ1) is 30.3. The molecule has 55 heavy (non-hydrogen) atoms. The highest BCUT2D eigenvalue weighted by Gasteiger charge is 2.15. The molecule has 0 fully saturated rings. The highest BCUT2D eigenvalue weighted by atomic mass is 16.3. The Morgan fingerprint density at radius 3 is 1.38 bits per heavy atom. The number of furan rings is 1. The molecular formula is C54H32O. The van der Waals surface area contributed by atoms with Gasteiger partial charge in [-0.3, -0.25) is 0 Å². The molecule has 0 bridgehead atoms. The fourth-order valence-electron chi connectivity index (χ4n) is 9.11. The summed E-state index contributed by atoms with van der Waals surface area (Å²) in [6.45, 7) is 0. The Bertz CT molecular complexity index is 3550. The number of fused-ring (bicyclic) bond motifs is 12. The van der Waals surface area contributed by atoms with Gasteiger partial charge in [0, 0.05) is 10.8 Å². The molecule has 12 rings (SSSR count). The SMILES string of the molecule is c1ccc2c(c1)cc(-c1ccc3oc4ccc(-c5ccc6cc(-c7cc8c9ccccc9ccc8c8ccccc78)ccc6c5)cc4c3c1)c1ccccc12. The Labute approximate surface area is 317 Å². The predicted octanol–water partition coefficient (Wildman–Crippen LogP) is 15.5. The molecule has 1 heterocycles. The predicted molar refractivity (Wildman–Crippen MR) is 235 cm³/mol. The summed E-state index contributed by atoms with van der Waals surface area (Å²) >= 11 is 0. The summed E-state index contributed by atoms with van der Waals surface area (Å²) in [5.41, 5.74) is 9.09. The second-order valence-corrected chi connectivity index (χ2v) is 14.8. The summed E-state index contributed by atoms with van der Waals surface area (Å²) in [4.78, 5) is 0. The zero-order chi connectivity index (χ0) is 36.0. The van der Waals surface area contributed by atoms with Gasteiger partial charge in [0.2, 0.25) is 0 Å². The Kier molecular flexibility index (Phi) is 6.40. The minimum atomic E-state index is 0.903. The van der Waals surface area contributed by atoms with Crippen molar-refractivity contribution in [2.24, 2.45) is 0 Å². The van der Waals surface area contributed by atoms with Crippen molar-refractivity contribution < 1.29 is 4.42 Å². The van der Waals surface area contributed by atoms with E-state index in [0.29, 0.717) is 0 Å². The molecular weight excluding hydrogens is 665 g/mol. The monoisotopic (exact) mass is 696 g/mol. The molecule has 0 N–H and O–H groups in total. The van der Waals surface area contributed by atoms with E-state index in [1.807, 2.05) is 0 Å². The Morgan fingerprint density at radius 2 is 0.655 bits per heavy atom. The van der Waals surface area contributed by atoms with Crippen LogP contribution in [0, 0.1) is 0 Å². The molecule has 0 unspecified atom stereocenters. The molecule has 0 spiro atoms. The number of benzene rings is 11. The normalized spacial score (nSPS) is 12.0. The van der Waals surface area contributed by atoms with E-state index in [4.69, 9.17) is 4.42 Å². The van der Waals surface area contributed by atoms with E-state index in [0.717, 1.165) is 21.9 Å². The van der Waals surface area contributed by atoms with Crippen LogP contribution in [-0.4, -0.2) is 0 Å². The molecule has 12 aromatic rings. The minimum absolute atomic E-state index is 0.903. The highest BCUT2D eigenvalue weighted by Crippen LogP contribution is 2.41. The fourth-order valence-corrected chi connectivity index (χ4v) is 9.11. The van der Waals surface area contributed by atoms with E-state index in [1.165, 1.54) is 98.0 Å². The zero-order valence-corrected chi connectivity index (χ0v) is 29.9. The minimum Gasteiger partial charge on any atom is -0.456 e. The molecule has 0 aliphatic carbocycles. The second-order valence-electron chi connectivity index (χ2n) is 14.8. The first-order valence-electron chi connectivity index (χ1n) is 19.0. The molecule has 0 aliphatic heterocycles. The smallest absolute Gasteiger partial charge is 0.135 e. The van der Waals surface area contributed by atoms with Crippen molar-refractivity contribution in [2.45, 2.75) is 0 Å². The molecule has 0 aliphatic rings. The van der Waals surface area contributed by atoms with Gasteiger partial charge in [0.1, 0.15) is 11.2 Å². The number of rotatable bonds is 3. The molecule has 1 aromatic heterocycles. The summed E-state index contributed by atoms with van der Waals surface area (Å²) in [7, 11) is 0. The van der Waals surface area contributed by atoms with Crippen molar-refractivity contribution in [3.63, 3.8) is 0 Å². The molecule has 1 heteroatoms. The highest BCUT2D eigenvalue weighted by molar-refractivity contribution is 6.21. The van der Waals surface area contributed by atoms with E-state index >= 15 is 0 Å². The lowest BCUT2D eigenvalue weighted by Gasteiger charge is -2.14. The van der Waals surface area contributed by atoms with Gasteiger partial charge in [-0.15, -0.1) is 0 Å². The van der Waals surface area contributed by atoms with Gasteiger partial charge < -0.3 is 4.42 Å². The molecule has 0 amide bonds. The van der Waals surface area contributed by atoms with Gasteiger partial charge in [0.15, 0.2) is 0 Å². The third kappa shape index (κ3) is 4.67. The van der Waals surface area contributed by atoms with Crippen molar-refractivity contribution in [1.82, 2.24) is 0 Å². The van der Waals surface area contributed by atoms with Crippen molar-refractivity contribution in [2.75, 3.05) is 0 Å². The molecule has 0 atom stereocenters. The van der Waals surface area contributed by atoms with Crippen LogP contribution in [0.3, 0.4) is 0 Å². The quantitative estimate of drug-likeness (QED) is 0.168. The van der Waals surface area contributed by atoms with Crippen LogP contribution in [-0.2, 0) is 0 Å². The van der Waals surface area contributed by atoms with Crippen LogP contribution < -0.4 is 0 Å². The lowest BCUT2D eigenvalue weighted by atomic mass is 9.90. The van der Waals surface area contributed by atoms with Crippen LogP contribution >= 0.6 is 0 Å². The molecule has 1 nitrogen and oxygen atoms in total. The van der Waals surface area contributed by atoms with Gasteiger partial charge in [0.25, 0.3) is 0 Å². The Morgan fingerprint density at radius 1 is 0.218 bits per heavy atom. The second kappa shape index (κ2) is 11.6. The topological polar surface area (TPSA) is 13.1 Å². The largest absolute Gasteiger partial charge is 0.456 e. The van der Waals surface area contributed by atoms with Crippen molar-refractivity contribution in [3.8, 4) is 33.4 Å².